The summed E-state index contributed by atoms with van der Waals surface area (Å²) in [5.41, 5.74) is 3.60. The summed E-state index contributed by atoms with van der Waals surface area (Å²) in [5, 5.41) is 13.9. The van der Waals surface area contributed by atoms with Gasteiger partial charge in [0.15, 0.2) is 0 Å². The average Bonchev–Trinajstić information content (AvgIpc) is 2.99. The lowest BCUT2D eigenvalue weighted by atomic mass is 10.1. The largest absolute Gasteiger partial charge is 0.361 e. The third-order valence-corrected chi connectivity index (χ3v) is 3.59. The third kappa shape index (κ3) is 3.87. The Hall–Kier alpha value is -2.31. The Bertz CT molecular complexity index is 625. The zero-order valence-electron chi connectivity index (χ0n) is 13.6. The molecule has 0 aliphatic heterocycles. The molecule has 0 aromatic carbocycles. The summed E-state index contributed by atoms with van der Waals surface area (Å²) >= 11 is 0. The van der Waals surface area contributed by atoms with Gasteiger partial charge in [-0.1, -0.05) is 5.16 Å². The maximum absolute atomic E-state index is 11.9. The van der Waals surface area contributed by atoms with Crippen LogP contribution in [0.4, 0.5) is 10.5 Å². The fraction of sp³-hybridized carbons (Fsp3) is 0.533. The van der Waals surface area contributed by atoms with Gasteiger partial charge in [-0.2, -0.15) is 5.10 Å². The number of carbonyl (C=O) groups excluding carboxylic acids is 1. The zero-order valence-corrected chi connectivity index (χ0v) is 13.6. The van der Waals surface area contributed by atoms with Crippen LogP contribution in [0, 0.1) is 20.8 Å². The molecular formula is C15H23N5O2. The number of nitrogens with one attached hydrogen (secondary N) is 2. The topological polar surface area (TPSA) is 85.0 Å². The lowest BCUT2D eigenvalue weighted by Gasteiger charge is -2.06. The maximum atomic E-state index is 11.9. The van der Waals surface area contributed by atoms with Crippen molar-refractivity contribution in [3.63, 3.8) is 0 Å². The number of hydrogen-bond donors (Lipinski definition) is 2. The van der Waals surface area contributed by atoms with Gasteiger partial charge in [0, 0.05) is 24.8 Å². The molecule has 0 atom stereocenters. The summed E-state index contributed by atoms with van der Waals surface area (Å²) in [6.07, 6.45) is 3.51. The molecule has 0 fully saturated rings. The summed E-state index contributed by atoms with van der Waals surface area (Å²) in [6.45, 7) is 9.09. The quantitative estimate of drug-likeness (QED) is 0.803. The van der Waals surface area contributed by atoms with Gasteiger partial charge in [-0.25, -0.2) is 4.79 Å². The second-order valence-corrected chi connectivity index (χ2v) is 5.27. The normalized spacial score (nSPS) is 10.7. The van der Waals surface area contributed by atoms with Crippen LogP contribution >= 0.6 is 0 Å². The number of aromatic nitrogens is 3. The van der Waals surface area contributed by atoms with Crippen molar-refractivity contribution in [1.82, 2.24) is 20.3 Å². The molecular weight excluding hydrogens is 282 g/mol. The Balaban J connectivity index is 1.75. The predicted octanol–water partition coefficient (Wildman–Crippen LogP) is 2.57. The van der Waals surface area contributed by atoms with E-state index >= 15 is 0 Å². The van der Waals surface area contributed by atoms with Crippen LogP contribution in [0.5, 0.6) is 0 Å². The fourth-order valence-electron chi connectivity index (χ4n) is 2.29. The van der Waals surface area contributed by atoms with Gasteiger partial charge in [-0.05, 0) is 40.5 Å². The summed E-state index contributed by atoms with van der Waals surface area (Å²) < 4.78 is 6.91. The van der Waals surface area contributed by atoms with E-state index in [0.717, 1.165) is 47.8 Å². The molecule has 2 amide bonds. The van der Waals surface area contributed by atoms with Crippen molar-refractivity contribution in [2.24, 2.45) is 0 Å². The molecule has 2 N–H and O–H groups in total. The van der Waals surface area contributed by atoms with Gasteiger partial charge >= 0.3 is 6.03 Å². The molecule has 22 heavy (non-hydrogen) atoms. The molecule has 2 aromatic rings. The first-order chi connectivity index (χ1) is 10.5. The van der Waals surface area contributed by atoms with Gasteiger partial charge in [0.1, 0.15) is 5.76 Å². The Morgan fingerprint density at radius 3 is 2.68 bits per heavy atom. The molecule has 0 radical (unpaired) electrons. The van der Waals surface area contributed by atoms with Crippen LogP contribution in [0.1, 0.15) is 36.1 Å². The lowest BCUT2D eigenvalue weighted by Crippen LogP contribution is -2.29. The fourth-order valence-corrected chi connectivity index (χ4v) is 2.29. The summed E-state index contributed by atoms with van der Waals surface area (Å²) in [5.74, 6) is 0.851. The van der Waals surface area contributed by atoms with Crippen LogP contribution in [0.15, 0.2) is 10.7 Å². The van der Waals surface area contributed by atoms with Gasteiger partial charge < -0.3 is 15.2 Å². The van der Waals surface area contributed by atoms with E-state index < -0.39 is 0 Å². The summed E-state index contributed by atoms with van der Waals surface area (Å²) in [7, 11) is 0. The molecule has 7 nitrogen and oxygen atoms in total. The second-order valence-electron chi connectivity index (χ2n) is 5.27. The first kappa shape index (κ1) is 16.1. The molecule has 0 bridgehead atoms. The molecule has 2 heterocycles. The van der Waals surface area contributed by atoms with Crippen LogP contribution in [0.3, 0.4) is 0 Å². The van der Waals surface area contributed by atoms with E-state index in [2.05, 4.69) is 20.9 Å². The minimum atomic E-state index is -0.211. The van der Waals surface area contributed by atoms with Crippen LogP contribution in [0.2, 0.25) is 0 Å². The summed E-state index contributed by atoms with van der Waals surface area (Å²) in [4.78, 5) is 11.9. The number of rotatable bonds is 6. The SMILES string of the molecule is CCn1cc(NC(=O)NCCCc2c(C)noc2C)c(C)n1. The van der Waals surface area contributed by atoms with Crippen molar-refractivity contribution >= 4 is 11.7 Å². The smallest absolute Gasteiger partial charge is 0.319 e. The maximum Gasteiger partial charge on any atom is 0.319 e. The van der Waals surface area contributed by atoms with Crippen molar-refractivity contribution in [3.8, 4) is 0 Å². The van der Waals surface area contributed by atoms with Gasteiger partial charge in [-0.3, -0.25) is 4.68 Å². The van der Waals surface area contributed by atoms with Crippen LogP contribution in [-0.4, -0.2) is 27.5 Å². The van der Waals surface area contributed by atoms with Crippen molar-refractivity contribution < 1.29 is 9.32 Å². The van der Waals surface area contributed by atoms with Crippen LogP contribution < -0.4 is 10.6 Å². The van der Waals surface area contributed by atoms with Crippen LogP contribution in [0.25, 0.3) is 0 Å². The number of urea groups is 1. The Morgan fingerprint density at radius 1 is 1.32 bits per heavy atom. The highest BCUT2D eigenvalue weighted by Gasteiger charge is 2.10. The van der Waals surface area contributed by atoms with Gasteiger partial charge in [0.25, 0.3) is 0 Å². The molecule has 0 aliphatic rings. The van der Waals surface area contributed by atoms with Crippen molar-refractivity contribution in [1.29, 1.82) is 0 Å². The predicted molar refractivity (Wildman–Crippen MR) is 84.0 cm³/mol. The molecule has 2 rings (SSSR count). The number of anilines is 1. The van der Waals surface area contributed by atoms with Crippen molar-refractivity contribution in [3.05, 3.63) is 28.9 Å². The number of aryl methyl sites for hydroxylation is 4. The Kier molecular flexibility index (Phi) is 5.19. The van der Waals surface area contributed by atoms with Gasteiger partial charge in [-0.15, -0.1) is 0 Å². The molecule has 7 heteroatoms. The second kappa shape index (κ2) is 7.11. The van der Waals surface area contributed by atoms with E-state index in [1.54, 1.807) is 4.68 Å². The highest BCUT2D eigenvalue weighted by molar-refractivity contribution is 5.89. The molecule has 0 aliphatic carbocycles. The third-order valence-electron chi connectivity index (χ3n) is 3.59. The Labute approximate surface area is 130 Å². The molecule has 0 saturated carbocycles. The first-order valence-corrected chi connectivity index (χ1v) is 7.52. The standard InChI is InChI=1S/C15H23N5O2/c1-5-20-9-14(11(3)18-20)17-15(21)16-8-6-7-13-10(2)19-22-12(13)4/h9H,5-8H2,1-4H3,(H2,16,17,21). The molecule has 0 spiro atoms. The van der Waals surface area contributed by atoms with Crippen molar-refractivity contribution in [2.45, 2.75) is 47.1 Å². The van der Waals surface area contributed by atoms with E-state index in [0.29, 0.717) is 6.54 Å². The number of hydrogen-bond acceptors (Lipinski definition) is 4. The minimum absolute atomic E-state index is 0.211. The molecule has 0 unspecified atom stereocenters. The van der Waals surface area contributed by atoms with E-state index in [-0.39, 0.29) is 6.03 Å². The van der Waals surface area contributed by atoms with E-state index in [9.17, 15) is 4.79 Å². The number of carbonyl (C=O) groups is 1. The minimum Gasteiger partial charge on any atom is -0.361 e. The van der Waals surface area contributed by atoms with E-state index in [4.69, 9.17) is 4.52 Å². The first-order valence-electron chi connectivity index (χ1n) is 7.52. The zero-order chi connectivity index (χ0) is 16.1. The van der Waals surface area contributed by atoms with E-state index in [1.165, 1.54) is 0 Å². The average molecular weight is 305 g/mol. The van der Waals surface area contributed by atoms with Gasteiger partial charge in [0.05, 0.1) is 17.1 Å². The molecule has 0 saturated heterocycles. The number of nitrogens with zero attached hydrogens (tertiary/aromatic N) is 3. The monoisotopic (exact) mass is 305 g/mol. The molecule has 120 valence electrons. The lowest BCUT2D eigenvalue weighted by molar-refractivity contribution is 0.252. The molecule has 2 aromatic heterocycles. The highest BCUT2D eigenvalue weighted by Crippen LogP contribution is 2.14. The van der Waals surface area contributed by atoms with Gasteiger partial charge in [0.2, 0.25) is 0 Å². The van der Waals surface area contributed by atoms with Crippen molar-refractivity contribution in [2.75, 3.05) is 11.9 Å². The Morgan fingerprint density at radius 2 is 2.09 bits per heavy atom. The number of amides is 2. The van der Waals surface area contributed by atoms with E-state index in [1.807, 2.05) is 33.9 Å². The van der Waals surface area contributed by atoms with Crippen LogP contribution in [-0.2, 0) is 13.0 Å². The summed E-state index contributed by atoms with van der Waals surface area (Å²) in [6, 6.07) is -0.211. The highest BCUT2D eigenvalue weighted by atomic mass is 16.5.